The molecule has 86 valence electrons. The average molecular weight is 218 g/mol. The number of phenolic OH excluding ortho intramolecular Hbond substituents is 1. The maximum Gasteiger partial charge on any atom is 0.126 e. The van der Waals surface area contributed by atoms with Crippen LogP contribution in [0.4, 0.5) is 0 Å². The second kappa shape index (κ2) is 3.16. The zero-order valence-electron chi connectivity index (χ0n) is 9.97. The molecule has 16 heavy (non-hydrogen) atoms. The molecule has 1 N–H and O–H groups in total. The molecular formula is C14H18O2. The number of aryl methyl sites for hydroxylation is 1. The number of rotatable bonds is 0. The molecule has 0 unspecified atom stereocenters. The van der Waals surface area contributed by atoms with E-state index in [0.717, 1.165) is 29.7 Å². The van der Waals surface area contributed by atoms with Crippen LogP contribution in [-0.2, 0) is 6.42 Å². The minimum absolute atomic E-state index is 0.140. The first kappa shape index (κ1) is 10.0. The summed E-state index contributed by atoms with van der Waals surface area (Å²) >= 11 is 0. The van der Waals surface area contributed by atoms with Gasteiger partial charge in [-0.15, -0.1) is 0 Å². The Bertz CT molecular complexity index is 445. The fourth-order valence-corrected chi connectivity index (χ4v) is 2.93. The fourth-order valence-electron chi connectivity index (χ4n) is 2.93. The van der Waals surface area contributed by atoms with Gasteiger partial charge in [-0.05, 0) is 63.1 Å². The van der Waals surface area contributed by atoms with Gasteiger partial charge in [-0.2, -0.15) is 0 Å². The molecule has 0 bridgehead atoms. The van der Waals surface area contributed by atoms with E-state index in [1.807, 2.05) is 19.9 Å². The summed E-state index contributed by atoms with van der Waals surface area (Å²) in [6.07, 6.45) is 5.86. The second-order valence-corrected chi connectivity index (χ2v) is 5.28. The van der Waals surface area contributed by atoms with Crippen LogP contribution in [0.15, 0.2) is 6.07 Å². The molecule has 1 aromatic carbocycles. The molecule has 0 radical (unpaired) electrons. The minimum atomic E-state index is 0.140. The van der Waals surface area contributed by atoms with Crippen molar-refractivity contribution < 1.29 is 9.84 Å². The first-order valence-electron chi connectivity index (χ1n) is 6.12. The van der Waals surface area contributed by atoms with Crippen LogP contribution in [-0.4, -0.2) is 10.7 Å². The van der Waals surface area contributed by atoms with Crippen LogP contribution >= 0.6 is 0 Å². The number of aromatic hydroxyl groups is 1. The van der Waals surface area contributed by atoms with Crippen molar-refractivity contribution in [1.29, 1.82) is 0 Å². The summed E-state index contributed by atoms with van der Waals surface area (Å²) in [6, 6.07) is 1.83. The van der Waals surface area contributed by atoms with Crippen LogP contribution < -0.4 is 4.74 Å². The van der Waals surface area contributed by atoms with Crippen LogP contribution in [0, 0.1) is 13.8 Å². The lowest BCUT2D eigenvalue weighted by Crippen LogP contribution is -2.46. The molecule has 0 atom stereocenters. The zero-order chi connectivity index (χ0) is 11.3. The molecule has 2 heteroatoms. The van der Waals surface area contributed by atoms with Gasteiger partial charge in [0.25, 0.3) is 0 Å². The average Bonchev–Trinajstić information content (AvgIpc) is 2.23. The molecule has 1 fully saturated rings. The Morgan fingerprint density at radius 2 is 2.00 bits per heavy atom. The number of hydrogen-bond donors (Lipinski definition) is 1. The van der Waals surface area contributed by atoms with Gasteiger partial charge < -0.3 is 9.84 Å². The highest BCUT2D eigenvalue weighted by Gasteiger charge is 2.42. The molecular weight excluding hydrogens is 200 g/mol. The van der Waals surface area contributed by atoms with Crippen molar-refractivity contribution in [3.05, 3.63) is 22.8 Å². The van der Waals surface area contributed by atoms with Gasteiger partial charge in [0.1, 0.15) is 17.1 Å². The monoisotopic (exact) mass is 218 g/mol. The van der Waals surface area contributed by atoms with E-state index in [9.17, 15) is 5.11 Å². The predicted molar refractivity (Wildman–Crippen MR) is 63.1 cm³/mol. The molecule has 0 saturated heterocycles. The van der Waals surface area contributed by atoms with Gasteiger partial charge >= 0.3 is 0 Å². The molecule has 3 rings (SSSR count). The van der Waals surface area contributed by atoms with Gasteiger partial charge in [-0.25, -0.2) is 0 Å². The lowest BCUT2D eigenvalue weighted by molar-refractivity contribution is -0.0257. The Kier molecular flexibility index (Phi) is 1.97. The summed E-state index contributed by atoms with van der Waals surface area (Å²) in [5.74, 6) is 1.45. The molecule has 1 saturated carbocycles. The SMILES string of the molecule is Cc1cc(O)c(C)c2c1OC1(CCC1)CC2. The standard InChI is InChI=1S/C14H18O2/c1-9-8-12(15)10(2)11-4-7-14(5-3-6-14)16-13(9)11/h8,15H,3-7H2,1-2H3. The number of benzene rings is 1. The van der Waals surface area contributed by atoms with E-state index in [1.165, 1.54) is 24.8 Å². The van der Waals surface area contributed by atoms with Crippen LogP contribution in [0.1, 0.15) is 42.4 Å². The van der Waals surface area contributed by atoms with E-state index in [2.05, 4.69) is 0 Å². The van der Waals surface area contributed by atoms with Crippen LogP contribution in [0.5, 0.6) is 11.5 Å². The Labute approximate surface area is 96.2 Å². The molecule has 1 aliphatic heterocycles. The topological polar surface area (TPSA) is 29.5 Å². The fraction of sp³-hybridized carbons (Fsp3) is 0.571. The van der Waals surface area contributed by atoms with Gasteiger partial charge in [0, 0.05) is 5.56 Å². The highest BCUT2D eigenvalue weighted by Crippen LogP contribution is 2.47. The Morgan fingerprint density at radius 1 is 1.25 bits per heavy atom. The number of ether oxygens (including phenoxy) is 1. The molecule has 0 amide bonds. The van der Waals surface area contributed by atoms with Crippen molar-refractivity contribution in [1.82, 2.24) is 0 Å². The van der Waals surface area contributed by atoms with Crippen LogP contribution in [0.2, 0.25) is 0 Å². The molecule has 1 aromatic rings. The third kappa shape index (κ3) is 1.25. The maximum absolute atomic E-state index is 9.80. The van der Waals surface area contributed by atoms with Crippen molar-refractivity contribution in [3.8, 4) is 11.5 Å². The largest absolute Gasteiger partial charge is 0.508 e. The lowest BCUT2D eigenvalue weighted by atomic mass is 9.74. The lowest BCUT2D eigenvalue weighted by Gasteiger charge is -2.46. The van der Waals surface area contributed by atoms with E-state index in [1.54, 1.807) is 0 Å². The van der Waals surface area contributed by atoms with Crippen molar-refractivity contribution in [2.24, 2.45) is 0 Å². The molecule has 2 aliphatic rings. The van der Waals surface area contributed by atoms with Crippen LogP contribution in [0.3, 0.4) is 0 Å². The van der Waals surface area contributed by atoms with E-state index < -0.39 is 0 Å². The van der Waals surface area contributed by atoms with Crippen LogP contribution in [0.25, 0.3) is 0 Å². The first-order valence-corrected chi connectivity index (χ1v) is 6.12. The summed E-state index contributed by atoms with van der Waals surface area (Å²) in [5, 5.41) is 9.80. The molecule has 1 spiro atoms. The molecule has 1 heterocycles. The van der Waals surface area contributed by atoms with Crippen molar-refractivity contribution in [2.45, 2.75) is 51.6 Å². The molecule has 2 nitrogen and oxygen atoms in total. The zero-order valence-corrected chi connectivity index (χ0v) is 9.97. The van der Waals surface area contributed by atoms with E-state index in [0.29, 0.717) is 5.75 Å². The van der Waals surface area contributed by atoms with Gasteiger partial charge in [-0.3, -0.25) is 0 Å². The number of phenols is 1. The van der Waals surface area contributed by atoms with Gasteiger partial charge in [-0.1, -0.05) is 0 Å². The summed E-state index contributed by atoms with van der Waals surface area (Å²) in [6.45, 7) is 4.01. The Hall–Kier alpha value is -1.18. The number of fused-ring (bicyclic) bond motifs is 1. The minimum Gasteiger partial charge on any atom is -0.508 e. The van der Waals surface area contributed by atoms with E-state index in [4.69, 9.17) is 4.74 Å². The molecule has 0 aromatic heterocycles. The predicted octanol–water partition coefficient (Wildman–Crippen LogP) is 3.26. The van der Waals surface area contributed by atoms with E-state index in [-0.39, 0.29) is 5.60 Å². The van der Waals surface area contributed by atoms with Gasteiger partial charge in [0.15, 0.2) is 0 Å². The maximum atomic E-state index is 9.80. The third-order valence-electron chi connectivity index (χ3n) is 4.24. The van der Waals surface area contributed by atoms with Crippen molar-refractivity contribution in [3.63, 3.8) is 0 Å². The number of hydrogen-bond acceptors (Lipinski definition) is 2. The highest BCUT2D eigenvalue weighted by atomic mass is 16.5. The quantitative estimate of drug-likeness (QED) is 0.724. The summed E-state index contributed by atoms with van der Waals surface area (Å²) in [5.41, 5.74) is 3.43. The summed E-state index contributed by atoms with van der Waals surface area (Å²) in [7, 11) is 0. The Morgan fingerprint density at radius 3 is 2.62 bits per heavy atom. The first-order chi connectivity index (χ1) is 7.61. The van der Waals surface area contributed by atoms with E-state index >= 15 is 0 Å². The smallest absolute Gasteiger partial charge is 0.126 e. The van der Waals surface area contributed by atoms with Crippen molar-refractivity contribution in [2.75, 3.05) is 0 Å². The third-order valence-corrected chi connectivity index (χ3v) is 4.24. The van der Waals surface area contributed by atoms with Crippen molar-refractivity contribution >= 4 is 0 Å². The highest BCUT2D eigenvalue weighted by molar-refractivity contribution is 5.53. The molecule has 1 aliphatic carbocycles. The van der Waals surface area contributed by atoms with Gasteiger partial charge in [0.2, 0.25) is 0 Å². The Balaban J connectivity index is 2.07. The second-order valence-electron chi connectivity index (χ2n) is 5.28. The summed E-state index contributed by atoms with van der Waals surface area (Å²) < 4.78 is 6.21. The van der Waals surface area contributed by atoms with Gasteiger partial charge in [0.05, 0.1) is 0 Å². The normalized spacial score (nSPS) is 21.1. The summed E-state index contributed by atoms with van der Waals surface area (Å²) in [4.78, 5) is 0.